The molecule has 0 heterocycles. The maximum absolute atomic E-state index is 13.0. The Bertz CT molecular complexity index is 441. The first-order valence-corrected chi connectivity index (χ1v) is 6.02. The van der Waals surface area contributed by atoms with Gasteiger partial charge in [0, 0.05) is 26.1 Å². The summed E-state index contributed by atoms with van der Waals surface area (Å²) in [5, 5.41) is 15.6. The van der Waals surface area contributed by atoms with Gasteiger partial charge in [0.25, 0.3) is 0 Å². The van der Waals surface area contributed by atoms with Crippen molar-refractivity contribution in [2.24, 2.45) is 0 Å². The standard InChI is InChI=1S/C13H18F2N2O2/c1-8(16-5-6-17-9(2)18)13(19)10-3-4-11(14)12(15)7-10/h3-4,7-8,13,16,19H,5-6H2,1-2H3,(H,17,18). The Hall–Kier alpha value is -1.53. The Kier molecular flexibility index (Phi) is 5.85. The lowest BCUT2D eigenvalue weighted by Gasteiger charge is -2.20. The van der Waals surface area contributed by atoms with Crippen molar-refractivity contribution in [3.05, 3.63) is 35.4 Å². The van der Waals surface area contributed by atoms with Crippen LogP contribution in [0.5, 0.6) is 0 Å². The van der Waals surface area contributed by atoms with Crippen molar-refractivity contribution >= 4 is 5.91 Å². The Morgan fingerprint density at radius 2 is 2.00 bits per heavy atom. The molecule has 0 radical (unpaired) electrons. The molecule has 0 aliphatic carbocycles. The maximum Gasteiger partial charge on any atom is 0.216 e. The molecule has 1 aromatic carbocycles. The van der Waals surface area contributed by atoms with Crippen molar-refractivity contribution in [2.75, 3.05) is 13.1 Å². The number of hydrogen-bond donors (Lipinski definition) is 3. The molecule has 2 atom stereocenters. The van der Waals surface area contributed by atoms with E-state index in [0.717, 1.165) is 12.1 Å². The minimum Gasteiger partial charge on any atom is -0.387 e. The fourth-order valence-corrected chi connectivity index (χ4v) is 1.64. The predicted octanol–water partition coefficient (Wildman–Crippen LogP) is 1.11. The van der Waals surface area contributed by atoms with Crippen LogP contribution in [0.3, 0.4) is 0 Å². The lowest BCUT2D eigenvalue weighted by Crippen LogP contribution is -2.38. The predicted molar refractivity (Wildman–Crippen MR) is 67.5 cm³/mol. The molecular formula is C13H18F2N2O2. The maximum atomic E-state index is 13.0. The number of amides is 1. The van der Waals surface area contributed by atoms with E-state index in [9.17, 15) is 18.7 Å². The summed E-state index contributed by atoms with van der Waals surface area (Å²) >= 11 is 0. The van der Waals surface area contributed by atoms with Gasteiger partial charge in [0.15, 0.2) is 11.6 Å². The minimum absolute atomic E-state index is 0.129. The molecule has 106 valence electrons. The van der Waals surface area contributed by atoms with Crippen molar-refractivity contribution in [2.45, 2.75) is 26.0 Å². The van der Waals surface area contributed by atoms with Gasteiger partial charge in [-0.05, 0) is 24.6 Å². The van der Waals surface area contributed by atoms with Crippen LogP contribution in [0.1, 0.15) is 25.5 Å². The molecule has 1 aromatic rings. The van der Waals surface area contributed by atoms with E-state index in [1.165, 1.54) is 13.0 Å². The highest BCUT2D eigenvalue weighted by Gasteiger charge is 2.17. The van der Waals surface area contributed by atoms with Crippen LogP contribution in [-0.2, 0) is 4.79 Å². The Balaban J connectivity index is 2.49. The number of nitrogens with one attached hydrogen (secondary N) is 2. The fraction of sp³-hybridized carbons (Fsp3) is 0.462. The van der Waals surface area contributed by atoms with E-state index in [-0.39, 0.29) is 11.9 Å². The van der Waals surface area contributed by atoms with Gasteiger partial charge < -0.3 is 15.7 Å². The van der Waals surface area contributed by atoms with E-state index in [0.29, 0.717) is 18.7 Å². The van der Waals surface area contributed by atoms with Crippen molar-refractivity contribution in [3.8, 4) is 0 Å². The number of aliphatic hydroxyl groups is 1. The van der Waals surface area contributed by atoms with Crippen LogP contribution < -0.4 is 10.6 Å². The highest BCUT2D eigenvalue weighted by molar-refractivity contribution is 5.72. The molecule has 0 saturated heterocycles. The largest absolute Gasteiger partial charge is 0.387 e. The lowest BCUT2D eigenvalue weighted by molar-refractivity contribution is -0.118. The second-order valence-electron chi connectivity index (χ2n) is 4.34. The Labute approximate surface area is 110 Å². The molecule has 0 bridgehead atoms. The van der Waals surface area contributed by atoms with Crippen molar-refractivity contribution in [1.29, 1.82) is 0 Å². The van der Waals surface area contributed by atoms with Gasteiger partial charge in [-0.1, -0.05) is 6.07 Å². The second-order valence-corrected chi connectivity index (χ2v) is 4.34. The zero-order chi connectivity index (χ0) is 14.4. The van der Waals surface area contributed by atoms with Gasteiger partial charge in [0.1, 0.15) is 0 Å². The van der Waals surface area contributed by atoms with Crippen LogP contribution >= 0.6 is 0 Å². The summed E-state index contributed by atoms with van der Waals surface area (Å²) in [5.74, 6) is -2.06. The van der Waals surface area contributed by atoms with Gasteiger partial charge in [-0.3, -0.25) is 4.79 Å². The topological polar surface area (TPSA) is 61.4 Å². The quantitative estimate of drug-likeness (QED) is 0.680. The second kappa shape index (κ2) is 7.16. The van der Waals surface area contributed by atoms with E-state index in [1.807, 2.05) is 0 Å². The Morgan fingerprint density at radius 3 is 2.58 bits per heavy atom. The van der Waals surface area contributed by atoms with Crippen LogP contribution in [0.4, 0.5) is 8.78 Å². The van der Waals surface area contributed by atoms with E-state index < -0.39 is 17.7 Å². The third-order valence-electron chi connectivity index (χ3n) is 2.72. The summed E-state index contributed by atoms with van der Waals surface area (Å²) < 4.78 is 25.8. The van der Waals surface area contributed by atoms with Crippen molar-refractivity contribution in [3.63, 3.8) is 0 Å². The van der Waals surface area contributed by atoms with Gasteiger partial charge in [0.05, 0.1) is 6.10 Å². The minimum atomic E-state index is -0.984. The lowest BCUT2D eigenvalue weighted by atomic mass is 10.0. The molecule has 0 fully saturated rings. The van der Waals surface area contributed by atoms with E-state index in [2.05, 4.69) is 10.6 Å². The molecule has 0 spiro atoms. The SMILES string of the molecule is CC(=O)NCCNC(C)C(O)c1ccc(F)c(F)c1. The van der Waals surface area contributed by atoms with Gasteiger partial charge >= 0.3 is 0 Å². The number of hydrogen-bond acceptors (Lipinski definition) is 3. The number of rotatable bonds is 6. The van der Waals surface area contributed by atoms with E-state index >= 15 is 0 Å². The molecule has 3 N–H and O–H groups in total. The van der Waals surface area contributed by atoms with Crippen LogP contribution in [0, 0.1) is 11.6 Å². The van der Waals surface area contributed by atoms with Crippen LogP contribution in [0.2, 0.25) is 0 Å². The van der Waals surface area contributed by atoms with Gasteiger partial charge in [0.2, 0.25) is 5.91 Å². The monoisotopic (exact) mass is 272 g/mol. The highest BCUT2D eigenvalue weighted by atomic mass is 19.2. The third-order valence-corrected chi connectivity index (χ3v) is 2.72. The van der Waals surface area contributed by atoms with Crippen molar-refractivity contribution < 1.29 is 18.7 Å². The molecule has 4 nitrogen and oxygen atoms in total. The van der Waals surface area contributed by atoms with Crippen LogP contribution in [0.15, 0.2) is 18.2 Å². The third kappa shape index (κ3) is 4.92. The van der Waals surface area contributed by atoms with Crippen LogP contribution in [-0.4, -0.2) is 30.1 Å². The van der Waals surface area contributed by atoms with E-state index in [1.54, 1.807) is 6.92 Å². The zero-order valence-electron chi connectivity index (χ0n) is 10.9. The molecular weight excluding hydrogens is 254 g/mol. The smallest absolute Gasteiger partial charge is 0.216 e. The number of carbonyl (C=O) groups excluding carboxylic acids is 1. The number of carbonyl (C=O) groups is 1. The number of halogens is 2. The van der Waals surface area contributed by atoms with Crippen LogP contribution in [0.25, 0.3) is 0 Å². The fourth-order valence-electron chi connectivity index (χ4n) is 1.64. The van der Waals surface area contributed by atoms with E-state index in [4.69, 9.17) is 0 Å². The molecule has 0 aliphatic heterocycles. The molecule has 0 aromatic heterocycles. The zero-order valence-corrected chi connectivity index (χ0v) is 10.9. The molecule has 1 amide bonds. The summed E-state index contributed by atoms with van der Waals surface area (Å²) in [6, 6.07) is 2.96. The van der Waals surface area contributed by atoms with Gasteiger partial charge in [-0.25, -0.2) is 8.78 Å². The first-order valence-electron chi connectivity index (χ1n) is 6.02. The molecule has 6 heteroatoms. The first-order chi connectivity index (χ1) is 8.91. The first kappa shape index (κ1) is 15.5. The van der Waals surface area contributed by atoms with Crippen molar-refractivity contribution in [1.82, 2.24) is 10.6 Å². The molecule has 19 heavy (non-hydrogen) atoms. The average Bonchev–Trinajstić information content (AvgIpc) is 2.36. The van der Waals surface area contributed by atoms with Gasteiger partial charge in [-0.2, -0.15) is 0 Å². The number of benzene rings is 1. The average molecular weight is 272 g/mol. The summed E-state index contributed by atoms with van der Waals surface area (Å²) in [6.07, 6.45) is -0.951. The molecule has 2 unspecified atom stereocenters. The molecule has 0 saturated carbocycles. The molecule has 0 aliphatic rings. The summed E-state index contributed by atoms with van der Waals surface area (Å²) in [6.45, 7) is 4.05. The Morgan fingerprint density at radius 1 is 1.32 bits per heavy atom. The molecule has 1 rings (SSSR count). The summed E-state index contributed by atoms with van der Waals surface area (Å²) in [5.41, 5.74) is 0.304. The summed E-state index contributed by atoms with van der Waals surface area (Å²) in [4.78, 5) is 10.6. The normalized spacial score (nSPS) is 13.9. The highest BCUT2D eigenvalue weighted by Crippen LogP contribution is 2.19. The number of aliphatic hydroxyl groups excluding tert-OH is 1. The summed E-state index contributed by atoms with van der Waals surface area (Å²) in [7, 11) is 0. The van der Waals surface area contributed by atoms with Gasteiger partial charge in [-0.15, -0.1) is 0 Å².